The summed E-state index contributed by atoms with van der Waals surface area (Å²) in [6.07, 6.45) is 1.14. The van der Waals surface area contributed by atoms with Gasteiger partial charge in [-0.05, 0) is 40.2 Å². The van der Waals surface area contributed by atoms with Crippen LogP contribution in [0.2, 0.25) is 0 Å². The van der Waals surface area contributed by atoms with Gasteiger partial charge in [-0.1, -0.05) is 51.1 Å². The van der Waals surface area contributed by atoms with Crippen LogP contribution in [-0.4, -0.2) is 55.9 Å². The maximum atomic E-state index is 12.7. The Morgan fingerprint density at radius 1 is 1.10 bits per heavy atom. The highest BCUT2D eigenvalue weighted by molar-refractivity contribution is 6.00. The molecule has 0 saturated heterocycles. The Labute approximate surface area is 129 Å². The van der Waals surface area contributed by atoms with Crippen molar-refractivity contribution in [3.8, 4) is 0 Å². The van der Waals surface area contributed by atoms with Crippen molar-refractivity contribution in [3.05, 3.63) is 35.9 Å². The number of rotatable bonds is 9. The van der Waals surface area contributed by atoms with Crippen LogP contribution in [0.25, 0.3) is 0 Å². The lowest BCUT2D eigenvalue weighted by Crippen LogP contribution is -2.40. The Morgan fingerprint density at radius 3 is 2.24 bits per heavy atom. The molecule has 3 nitrogen and oxygen atoms in total. The molecule has 1 aromatic rings. The molecule has 0 heterocycles. The summed E-state index contributed by atoms with van der Waals surface area (Å²) in [6.45, 7) is 10.2. The van der Waals surface area contributed by atoms with E-state index in [4.69, 9.17) is 0 Å². The van der Waals surface area contributed by atoms with E-state index in [9.17, 15) is 4.79 Å². The van der Waals surface area contributed by atoms with Crippen molar-refractivity contribution < 1.29 is 4.79 Å². The van der Waals surface area contributed by atoms with E-state index < -0.39 is 0 Å². The first-order valence-electron chi connectivity index (χ1n) is 7.83. The van der Waals surface area contributed by atoms with Crippen molar-refractivity contribution in [1.29, 1.82) is 0 Å². The average molecular weight is 290 g/mol. The molecule has 0 saturated carbocycles. The first kappa shape index (κ1) is 17.9. The Bertz CT molecular complexity index is 426. The van der Waals surface area contributed by atoms with Gasteiger partial charge in [0.2, 0.25) is 0 Å². The highest BCUT2D eigenvalue weighted by Gasteiger charge is 2.30. The second-order valence-electron chi connectivity index (χ2n) is 6.60. The van der Waals surface area contributed by atoms with Gasteiger partial charge in [0.1, 0.15) is 0 Å². The second kappa shape index (κ2) is 8.30. The predicted octanol–water partition coefficient (Wildman–Crippen LogP) is 3.17. The van der Waals surface area contributed by atoms with Crippen molar-refractivity contribution in [2.24, 2.45) is 5.41 Å². The van der Waals surface area contributed by atoms with Crippen LogP contribution in [0.3, 0.4) is 0 Å². The minimum Gasteiger partial charge on any atom is -0.309 e. The molecule has 0 aliphatic carbocycles. The van der Waals surface area contributed by atoms with Crippen LogP contribution in [-0.2, 0) is 0 Å². The molecule has 3 heteroatoms. The minimum absolute atomic E-state index is 0.231. The zero-order valence-corrected chi connectivity index (χ0v) is 14.2. The van der Waals surface area contributed by atoms with Crippen LogP contribution >= 0.6 is 0 Å². The molecule has 0 bridgehead atoms. The van der Waals surface area contributed by atoms with Gasteiger partial charge < -0.3 is 9.80 Å². The zero-order valence-electron chi connectivity index (χ0n) is 14.2. The normalized spacial score (nSPS) is 12.1. The molecule has 0 atom stereocenters. The lowest BCUT2D eigenvalue weighted by atomic mass is 9.83. The molecular formula is C18H30N2O. The van der Waals surface area contributed by atoms with E-state index in [1.165, 1.54) is 0 Å². The predicted molar refractivity (Wildman–Crippen MR) is 89.8 cm³/mol. The number of Topliss-reactive ketones (excluding diaryl/α,β-unsaturated/α-hetero) is 1. The van der Waals surface area contributed by atoms with Crippen molar-refractivity contribution in [1.82, 2.24) is 9.80 Å². The minimum atomic E-state index is -0.352. The van der Waals surface area contributed by atoms with E-state index in [-0.39, 0.29) is 11.2 Å². The Balaban J connectivity index is 2.62. The third kappa shape index (κ3) is 5.98. The van der Waals surface area contributed by atoms with Crippen molar-refractivity contribution in [2.75, 3.05) is 40.3 Å². The number of hydrogen-bond donors (Lipinski definition) is 0. The second-order valence-corrected chi connectivity index (χ2v) is 6.60. The Morgan fingerprint density at radius 2 is 1.71 bits per heavy atom. The van der Waals surface area contributed by atoms with Gasteiger partial charge in [-0.15, -0.1) is 0 Å². The summed E-state index contributed by atoms with van der Waals surface area (Å²) >= 11 is 0. The highest BCUT2D eigenvalue weighted by Crippen LogP contribution is 2.23. The third-order valence-corrected chi connectivity index (χ3v) is 3.80. The molecule has 0 unspecified atom stereocenters. The topological polar surface area (TPSA) is 23.6 Å². The quantitative estimate of drug-likeness (QED) is 0.653. The molecule has 21 heavy (non-hydrogen) atoms. The van der Waals surface area contributed by atoms with E-state index in [0.29, 0.717) is 0 Å². The first-order valence-corrected chi connectivity index (χ1v) is 7.83. The summed E-state index contributed by atoms with van der Waals surface area (Å²) in [5.41, 5.74) is 0.460. The lowest BCUT2D eigenvalue weighted by molar-refractivity contribution is 0.0765. The molecule has 0 aliphatic rings. The van der Waals surface area contributed by atoms with E-state index >= 15 is 0 Å². The number of benzene rings is 1. The van der Waals surface area contributed by atoms with Crippen LogP contribution in [0.5, 0.6) is 0 Å². The van der Waals surface area contributed by atoms with Crippen LogP contribution in [0.1, 0.15) is 37.6 Å². The molecule has 0 aliphatic heterocycles. The van der Waals surface area contributed by atoms with E-state index in [1.807, 2.05) is 30.3 Å². The van der Waals surface area contributed by atoms with Gasteiger partial charge in [-0.2, -0.15) is 0 Å². The van der Waals surface area contributed by atoms with Gasteiger partial charge in [0, 0.05) is 17.5 Å². The lowest BCUT2D eigenvalue weighted by Gasteiger charge is -2.31. The molecule has 0 radical (unpaired) electrons. The summed E-state index contributed by atoms with van der Waals surface area (Å²) < 4.78 is 0. The van der Waals surface area contributed by atoms with Crippen molar-refractivity contribution in [2.45, 2.75) is 27.2 Å². The van der Waals surface area contributed by atoms with Gasteiger partial charge in [0.05, 0.1) is 0 Å². The summed E-state index contributed by atoms with van der Waals surface area (Å²) in [6, 6.07) is 9.62. The number of carbonyl (C=O) groups excluding carboxylic acids is 1. The molecule has 1 aromatic carbocycles. The van der Waals surface area contributed by atoms with Gasteiger partial charge >= 0.3 is 0 Å². The number of carbonyl (C=O) groups is 1. The first-order chi connectivity index (χ1) is 9.86. The van der Waals surface area contributed by atoms with Gasteiger partial charge in [0.25, 0.3) is 0 Å². The Hall–Kier alpha value is -1.19. The molecule has 0 fully saturated rings. The van der Waals surface area contributed by atoms with Crippen LogP contribution in [0.4, 0.5) is 0 Å². The maximum Gasteiger partial charge on any atom is 0.169 e. The standard InChI is InChI=1S/C18H30N2O/c1-6-20(14-10-13-19(4)5)15-18(2,3)17(21)16-11-8-7-9-12-16/h7-9,11-12H,6,10,13-15H2,1-5H3. The molecule has 0 aromatic heterocycles. The average Bonchev–Trinajstić information content (AvgIpc) is 2.45. The van der Waals surface area contributed by atoms with Crippen LogP contribution < -0.4 is 0 Å². The van der Waals surface area contributed by atoms with E-state index in [0.717, 1.165) is 38.2 Å². The third-order valence-electron chi connectivity index (χ3n) is 3.80. The SMILES string of the molecule is CCN(CCCN(C)C)CC(C)(C)C(=O)c1ccccc1. The summed E-state index contributed by atoms with van der Waals surface area (Å²) in [7, 11) is 4.19. The van der Waals surface area contributed by atoms with Gasteiger partial charge in [-0.3, -0.25) is 4.79 Å². The van der Waals surface area contributed by atoms with Crippen LogP contribution in [0, 0.1) is 5.41 Å². The maximum absolute atomic E-state index is 12.7. The zero-order chi connectivity index (χ0) is 15.9. The molecule has 118 valence electrons. The molecule has 0 N–H and O–H groups in total. The monoisotopic (exact) mass is 290 g/mol. The fourth-order valence-corrected chi connectivity index (χ4v) is 2.57. The van der Waals surface area contributed by atoms with Gasteiger partial charge in [-0.25, -0.2) is 0 Å². The molecule has 0 amide bonds. The smallest absolute Gasteiger partial charge is 0.169 e. The summed E-state index contributed by atoms with van der Waals surface area (Å²) in [5, 5.41) is 0. The highest BCUT2D eigenvalue weighted by atomic mass is 16.1. The van der Waals surface area contributed by atoms with Gasteiger partial charge in [0.15, 0.2) is 5.78 Å². The number of ketones is 1. The fourth-order valence-electron chi connectivity index (χ4n) is 2.57. The number of hydrogen-bond acceptors (Lipinski definition) is 3. The largest absolute Gasteiger partial charge is 0.309 e. The van der Waals surface area contributed by atoms with E-state index in [1.54, 1.807) is 0 Å². The Kier molecular flexibility index (Phi) is 7.06. The summed E-state index contributed by atoms with van der Waals surface area (Å²) in [4.78, 5) is 17.2. The summed E-state index contributed by atoms with van der Waals surface area (Å²) in [5.74, 6) is 0.231. The van der Waals surface area contributed by atoms with Crippen molar-refractivity contribution in [3.63, 3.8) is 0 Å². The fraction of sp³-hybridized carbons (Fsp3) is 0.611. The molecule has 1 rings (SSSR count). The van der Waals surface area contributed by atoms with Crippen LogP contribution in [0.15, 0.2) is 30.3 Å². The van der Waals surface area contributed by atoms with Crippen molar-refractivity contribution >= 4 is 5.78 Å². The molecule has 0 spiro atoms. The van der Waals surface area contributed by atoms with E-state index in [2.05, 4.69) is 44.7 Å². The molecular weight excluding hydrogens is 260 g/mol. The number of nitrogens with zero attached hydrogens (tertiary/aromatic N) is 2.